The summed E-state index contributed by atoms with van der Waals surface area (Å²) in [5.41, 5.74) is 0. The third kappa shape index (κ3) is 2.18. The largest absolute Gasteiger partial charge is 0.346 e. The third-order valence-corrected chi connectivity index (χ3v) is 2.01. The van der Waals surface area contributed by atoms with Gasteiger partial charge in [-0.05, 0) is 19.1 Å². The number of rotatable bonds is 3. The second-order valence-electron chi connectivity index (χ2n) is 2.55. The summed E-state index contributed by atoms with van der Waals surface area (Å²) < 4.78 is 10.4. The summed E-state index contributed by atoms with van der Waals surface area (Å²) in [5, 5.41) is 0.123. The van der Waals surface area contributed by atoms with Gasteiger partial charge in [0.2, 0.25) is 5.79 Å². The van der Waals surface area contributed by atoms with Gasteiger partial charge in [-0.25, -0.2) is 0 Å². The van der Waals surface area contributed by atoms with Crippen LogP contribution >= 0.6 is 11.6 Å². The molecule has 0 fully saturated rings. The summed E-state index contributed by atoms with van der Waals surface area (Å²) in [4.78, 5) is 11.0. The lowest BCUT2D eigenvalue weighted by molar-refractivity contribution is -0.152. The molecule has 0 radical (unpaired) electrons. The van der Waals surface area contributed by atoms with E-state index in [1.165, 1.54) is 19.3 Å². The zero-order chi connectivity index (χ0) is 9.90. The van der Waals surface area contributed by atoms with Crippen molar-refractivity contribution in [3.63, 3.8) is 0 Å². The van der Waals surface area contributed by atoms with Crippen molar-refractivity contribution < 1.29 is 14.3 Å². The van der Waals surface area contributed by atoms with Gasteiger partial charge in [0.25, 0.3) is 0 Å². The number of hydrogen-bond acceptors (Lipinski definition) is 3. The van der Waals surface area contributed by atoms with E-state index < -0.39 is 5.79 Å². The normalized spacial score (nSPS) is 27.6. The second-order valence-corrected chi connectivity index (χ2v) is 2.96. The highest BCUT2D eigenvalue weighted by atomic mass is 35.5. The van der Waals surface area contributed by atoms with Crippen molar-refractivity contribution in [3.8, 4) is 0 Å². The fraction of sp³-hybridized carbons (Fsp3) is 0.444. The molecule has 0 heterocycles. The van der Waals surface area contributed by atoms with Crippen LogP contribution < -0.4 is 0 Å². The van der Waals surface area contributed by atoms with Crippen LogP contribution in [0.4, 0.5) is 0 Å². The molecule has 0 N–H and O–H groups in total. The fourth-order valence-electron chi connectivity index (χ4n) is 1.07. The molecule has 1 aliphatic carbocycles. The summed E-state index contributed by atoms with van der Waals surface area (Å²) in [6.07, 6.45) is 4.35. The highest BCUT2D eigenvalue weighted by Gasteiger charge is 2.29. The molecule has 1 aliphatic rings. The van der Waals surface area contributed by atoms with Gasteiger partial charge < -0.3 is 9.47 Å². The zero-order valence-corrected chi connectivity index (χ0v) is 8.30. The van der Waals surface area contributed by atoms with Gasteiger partial charge in [-0.2, -0.15) is 0 Å². The van der Waals surface area contributed by atoms with Gasteiger partial charge in [0.1, 0.15) is 0 Å². The van der Waals surface area contributed by atoms with Crippen molar-refractivity contribution in [1.29, 1.82) is 0 Å². The van der Waals surface area contributed by atoms with Gasteiger partial charge in [0.05, 0.1) is 5.03 Å². The lowest BCUT2D eigenvalue weighted by Crippen LogP contribution is -2.33. The van der Waals surface area contributed by atoms with Crippen molar-refractivity contribution >= 4 is 17.4 Å². The Morgan fingerprint density at radius 2 is 2.31 bits per heavy atom. The molecule has 0 saturated heterocycles. The van der Waals surface area contributed by atoms with E-state index in [2.05, 4.69) is 0 Å². The average Bonchev–Trinajstić information content (AvgIpc) is 2.12. The molecule has 0 aromatic carbocycles. The number of allylic oxidation sites excluding steroid dienone is 2. The number of halogens is 1. The van der Waals surface area contributed by atoms with E-state index in [9.17, 15) is 4.79 Å². The Morgan fingerprint density at radius 3 is 2.77 bits per heavy atom. The number of ether oxygens (including phenoxy) is 2. The fourth-order valence-corrected chi connectivity index (χ4v) is 1.28. The lowest BCUT2D eigenvalue weighted by Gasteiger charge is -2.27. The average molecular weight is 203 g/mol. The lowest BCUT2D eigenvalue weighted by atomic mass is 10.1. The quantitative estimate of drug-likeness (QED) is 0.653. The molecule has 0 aromatic rings. The number of carbonyl (C=O) groups excluding carboxylic acids is 1. The summed E-state index contributed by atoms with van der Waals surface area (Å²) in [5.74, 6) is -1.20. The van der Waals surface area contributed by atoms with E-state index >= 15 is 0 Å². The maximum atomic E-state index is 11.0. The predicted molar refractivity (Wildman–Crippen MR) is 49.4 cm³/mol. The molecule has 0 saturated carbocycles. The van der Waals surface area contributed by atoms with Crippen LogP contribution in [0.1, 0.15) is 6.92 Å². The smallest absolute Gasteiger partial charge is 0.210 e. The van der Waals surface area contributed by atoms with Gasteiger partial charge in [0.15, 0.2) is 5.78 Å². The van der Waals surface area contributed by atoms with E-state index in [-0.39, 0.29) is 10.8 Å². The maximum Gasteiger partial charge on any atom is 0.210 e. The Labute approximate surface area is 82.0 Å². The van der Waals surface area contributed by atoms with Gasteiger partial charge in [-0.15, -0.1) is 0 Å². The van der Waals surface area contributed by atoms with Crippen molar-refractivity contribution in [1.82, 2.24) is 0 Å². The van der Waals surface area contributed by atoms with Crippen molar-refractivity contribution in [3.05, 3.63) is 23.3 Å². The van der Waals surface area contributed by atoms with Crippen molar-refractivity contribution in [2.45, 2.75) is 12.7 Å². The molecule has 4 heteroatoms. The highest BCUT2D eigenvalue weighted by Crippen LogP contribution is 2.24. The Hall–Kier alpha value is -0.640. The van der Waals surface area contributed by atoms with Crippen LogP contribution in [0.15, 0.2) is 23.3 Å². The molecular formula is C9H11ClO3. The van der Waals surface area contributed by atoms with E-state index in [0.717, 1.165) is 0 Å². The Balaban J connectivity index is 2.90. The minimum atomic E-state index is -0.972. The molecule has 0 amide bonds. The molecular weight excluding hydrogens is 192 g/mol. The highest BCUT2D eigenvalue weighted by molar-refractivity contribution is 6.44. The molecule has 1 rings (SSSR count). The molecule has 72 valence electrons. The Morgan fingerprint density at radius 1 is 1.62 bits per heavy atom. The third-order valence-electron chi connectivity index (χ3n) is 1.72. The van der Waals surface area contributed by atoms with Crippen LogP contribution in [0.5, 0.6) is 0 Å². The van der Waals surface area contributed by atoms with Crippen molar-refractivity contribution in [2.24, 2.45) is 0 Å². The number of methoxy groups -OCH3 is 1. The summed E-state index contributed by atoms with van der Waals surface area (Å²) in [6, 6.07) is 0. The van der Waals surface area contributed by atoms with Gasteiger partial charge in [-0.3, -0.25) is 4.79 Å². The van der Waals surface area contributed by atoms with Gasteiger partial charge >= 0.3 is 0 Å². The molecule has 0 spiro atoms. The first-order chi connectivity index (χ1) is 6.13. The van der Waals surface area contributed by atoms with E-state index in [4.69, 9.17) is 21.1 Å². The van der Waals surface area contributed by atoms with Crippen LogP contribution in [-0.2, 0) is 14.3 Å². The van der Waals surface area contributed by atoms with Crippen LogP contribution in [0.2, 0.25) is 0 Å². The number of ketones is 1. The minimum Gasteiger partial charge on any atom is -0.346 e. The van der Waals surface area contributed by atoms with Crippen molar-refractivity contribution in [2.75, 3.05) is 13.7 Å². The second kappa shape index (κ2) is 4.05. The van der Waals surface area contributed by atoms with E-state index in [1.54, 1.807) is 6.08 Å². The van der Waals surface area contributed by atoms with E-state index in [1.807, 2.05) is 6.92 Å². The Bertz CT molecular complexity index is 270. The minimum absolute atomic E-state index is 0.123. The molecule has 1 atom stereocenters. The van der Waals surface area contributed by atoms with E-state index in [0.29, 0.717) is 6.61 Å². The molecule has 0 bridgehead atoms. The Kier molecular flexibility index (Phi) is 3.25. The molecule has 0 aliphatic heterocycles. The molecule has 3 nitrogen and oxygen atoms in total. The molecule has 13 heavy (non-hydrogen) atoms. The standard InChI is InChI=1S/C9H11ClO3/c1-3-13-9(12-2)5-4-8(11)7(10)6-9/h4-6H,3H2,1-2H3. The van der Waals surface area contributed by atoms with Crippen LogP contribution in [0.25, 0.3) is 0 Å². The summed E-state index contributed by atoms with van der Waals surface area (Å²) in [7, 11) is 1.50. The van der Waals surface area contributed by atoms with Crippen LogP contribution in [-0.4, -0.2) is 25.3 Å². The van der Waals surface area contributed by atoms with Crippen LogP contribution in [0, 0.1) is 0 Å². The SMILES string of the molecule is CCOC1(OC)C=CC(=O)C(Cl)=C1. The molecule has 1 unspecified atom stereocenters. The summed E-state index contributed by atoms with van der Waals surface area (Å²) in [6.45, 7) is 2.32. The zero-order valence-electron chi connectivity index (χ0n) is 7.54. The number of hydrogen-bond donors (Lipinski definition) is 0. The maximum absolute atomic E-state index is 11.0. The van der Waals surface area contributed by atoms with Gasteiger partial charge in [-0.1, -0.05) is 11.6 Å². The predicted octanol–water partition coefficient (Wildman–Crippen LogP) is 1.63. The first-order valence-corrected chi connectivity index (χ1v) is 4.32. The topological polar surface area (TPSA) is 35.5 Å². The first-order valence-electron chi connectivity index (χ1n) is 3.94. The monoisotopic (exact) mass is 202 g/mol. The van der Waals surface area contributed by atoms with Crippen LogP contribution in [0.3, 0.4) is 0 Å². The number of carbonyl (C=O) groups is 1. The summed E-state index contributed by atoms with van der Waals surface area (Å²) >= 11 is 5.67. The first kappa shape index (κ1) is 10.4. The molecule has 0 aromatic heterocycles. The van der Waals surface area contributed by atoms with Gasteiger partial charge in [0, 0.05) is 19.8 Å².